The van der Waals surface area contributed by atoms with E-state index >= 15 is 0 Å². The van der Waals surface area contributed by atoms with Crippen molar-refractivity contribution < 1.29 is 18.1 Å². The van der Waals surface area contributed by atoms with E-state index in [4.69, 9.17) is 18.1 Å². The summed E-state index contributed by atoms with van der Waals surface area (Å²) in [5, 5.41) is 0. The van der Waals surface area contributed by atoms with Crippen LogP contribution in [0.4, 0.5) is 0 Å². The molecule has 2 aromatic carbocycles. The van der Waals surface area contributed by atoms with Gasteiger partial charge in [-0.3, -0.25) is 0 Å². The summed E-state index contributed by atoms with van der Waals surface area (Å²) in [7, 11) is -3.10. The molecule has 4 nitrogen and oxygen atoms in total. The van der Waals surface area contributed by atoms with E-state index < -0.39 is 8.17 Å². The predicted octanol–water partition coefficient (Wildman–Crippen LogP) is 8.80. The molecule has 2 aliphatic rings. The molecule has 0 N–H and O–H groups in total. The molecule has 180 valence electrons. The molecule has 0 saturated carbocycles. The third-order valence-corrected chi connectivity index (χ3v) is 7.94. The van der Waals surface area contributed by atoms with Crippen LogP contribution < -0.4 is 18.1 Å². The first-order valence-corrected chi connectivity index (χ1v) is 13.3. The SMILES string of the molecule is CC(C)(C)c1cc2c(c(C(C)(C)C)c1)O[P+]1(O2)Oc2cc(C(C)(C)C)cc(C(C)(C)C)c2O1. The van der Waals surface area contributed by atoms with E-state index in [2.05, 4.69) is 107 Å². The van der Waals surface area contributed by atoms with Crippen molar-refractivity contribution in [2.75, 3.05) is 0 Å². The highest BCUT2D eigenvalue weighted by atomic mass is 31.2. The first-order valence-electron chi connectivity index (χ1n) is 11.9. The summed E-state index contributed by atoms with van der Waals surface area (Å²) in [5.41, 5.74) is 4.35. The van der Waals surface area contributed by atoms with Crippen LogP contribution in [0.5, 0.6) is 23.0 Å². The van der Waals surface area contributed by atoms with Crippen molar-refractivity contribution in [1.29, 1.82) is 0 Å². The molecule has 2 aromatic rings. The second-order valence-electron chi connectivity index (χ2n) is 13.5. The highest BCUT2D eigenvalue weighted by Crippen LogP contribution is 2.74. The van der Waals surface area contributed by atoms with E-state index in [1.54, 1.807) is 0 Å². The van der Waals surface area contributed by atoms with E-state index in [0.29, 0.717) is 11.5 Å². The van der Waals surface area contributed by atoms with Crippen molar-refractivity contribution in [1.82, 2.24) is 0 Å². The molecule has 0 saturated heterocycles. The minimum Gasteiger partial charge on any atom is -0.237 e. The topological polar surface area (TPSA) is 36.9 Å². The zero-order chi connectivity index (χ0) is 24.8. The van der Waals surface area contributed by atoms with Crippen molar-refractivity contribution >= 4 is 8.17 Å². The predicted molar refractivity (Wildman–Crippen MR) is 137 cm³/mol. The molecule has 5 heteroatoms. The highest BCUT2D eigenvalue weighted by molar-refractivity contribution is 7.58. The zero-order valence-corrected chi connectivity index (χ0v) is 23.3. The normalized spacial score (nSPS) is 17.1. The minimum absolute atomic E-state index is 0.0199. The van der Waals surface area contributed by atoms with Gasteiger partial charge < -0.3 is 0 Å². The van der Waals surface area contributed by atoms with E-state index in [0.717, 1.165) is 22.6 Å². The number of rotatable bonds is 0. The second-order valence-corrected chi connectivity index (χ2v) is 15.1. The van der Waals surface area contributed by atoms with Crippen LogP contribution in [0.3, 0.4) is 0 Å². The molecule has 0 unspecified atom stereocenters. The van der Waals surface area contributed by atoms with Gasteiger partial charge >= 0.3 is 8.17 Å². The van der Waals surface area contributed by atoms with Crippen LogP contribution >= 0.6 is 8.17 Å². The Morgan fingerprint density at radius 3 is 1.06 bits per heavy atom. The van der Waals surface area contributed by atoms with Crippen molar-refractivity contribution in [3.63, 3.8) is 0 Å². The second kappa shape index (κ2) is 7.04. The molecule has 33 heavy (non-hydrogen) atoms. The van der Waals surface area contributed by atoms with Crippen molar-refractivity contribution in [3.05, 3.63) is 46.5 Å². The maximum atomic E-state index is 6.50. The molecule has 4 rings (SSSR count). The molecule has 0 bridgehead atoms. The maximum absolute atomic E-state index is 6.50. The van der Waals surface area contributed by atoms with Crippen LogP contribution in [0.1, 0.15) is 105 Å². The summed E-state index contributed by atoms with van der Waals surface area (Å²) in [6.45, 7) is 26.4. The van der Waals surface area contributed by atoms with Gasteiger partial charge in [-0.2, -0.15) is 0 Å². The van der Waals surface area contributed by atoms with Gasteiger partial charge in [0, 0.05) is 11.1 Å². The Labute approximate surface area is 200 Å². The summed E-state index contributed by atoms with van der Waals surface area (Å²) in [6, 6.07) is 8.65. The fourth-order valence-corrected chi connectivity index (χ4v) is 5.89. The fraction of sp³-hybridized carbons (Fsp3) is 0.571. The van der Waals surface area contributed by atoms with E-state index in [9.17, 15) is 0 Å². The number of benzene rings is 2. The number of hydrogen-bond donors (Lipinski definition) is 0. The Kier molecular flexibility index (Phi) is 5.16. The third kappa shape index (κ3) is 4.32. The molecule has 0 radical (unpaired) electrons. The lowest BCUT2D eigenvalue weighted by Crippen LogP contribution is -2.17. The third-order valence-electron chi connectivity index (χ3n) is 6.28. The van der Waals surface area contributed by atoms with Crippen LogP contribution in [-0.4, -0.2) is 0 Å². The van der Waals surface area contributed by atoms with Gasteiger partial charge in [-0.1, -0.05) is 95.2 Å². The van der Waals surface area contributed by atoms with Crippen LogP contribution in [0.25, 0.3) is 0 Å². The van der Waals surface area contributed by atoms with Gasteiger partial charge in [0.1, 0.15) is 0 Å². The standard InChI is InChI=1S/C28H40O4P/c1-25(2,3)17-13-19(27(7,8)9)23-21(15-17)29-33(31-23)30-22-16-18(26(4,5)6)14-20(24(22)32-33)28(10,11)12/h13-16H,1-12H3/q+1. The summed E-state index contributed by atoms with van der Waals surface area (Å²) in [6.07, 6.45) is 0. The number of hydrogen-bond acceptors (Lipinski definition) is 4. The van der Waals surface area contributed by atoms with Gasteiger partial charge in [0.05, 0.1) is 0 Å². The van der Waals surface area contributed by atoms with Crippen LogP contribution in [0, 0.1) is 0 Å². The van der Waals surface area contributed by atoms with E-state index in [1.807, 2.05) is 0 Å². The van der Waals surface area contributed by atoms with Crippen LogP contribution in [-0.2, 0) is 21.7 Å². The molecule has 0 aromatic heterocycles. The summed E-state index contributed by atoms with van der Waals surface area (Å²) in [4.78, 5) is 0. The van der Waals surface area contributed by atoms with Gasteiger partial charge in [0.2, 0.25) is 23.0 Å². The van der Waals surface area contributed by atoms with Gasteiger partial charge in [0.25, 0.3) is 0 Å². The fourth-order valence-electron chi connectivity index (χ4n) is 4.08. The molecule has 2 aliphatic heterocycles. The van der Waals surface area contributed by atoms with Crippen LogP contribution in [0.15, 0.2) is 24.3 Å². The molecule has 0 amide bonds. The van der Waals surface area contributed by atoms with Crippen molar-refractivity contribution in [2.24, 2.45) is 0 Å². The average molecular weight is 472 g/mol. The quantitative estimate of drug-likeness (QED) is 0.360. The highest BCUT2D eigenvalue weighted by Gasteiger charge is 2.68. The molecular weight excluding hydrogens is 431 g/mol. The van der Waals surface area contributed by atoms with Gasteiger partial charge in [0.15, 0.2) is 0 Å². The maximum Gasteiger partial charge on any atom is 0.767 e. The largest absolute Gasteiger partial charge is 0.767 e. The smallest absolute Gasteiger partial charge is 0.237 e. The first-order chi connectivity index (χ1) is 14.8. The Bertz CT molecular complexity index is 1020. The lowest BCUT2D eigenvalue weighted by atomic mass is 9.80. The molecule has 0 atom stereocenters. The molecule has 1 spiro atoms. The van der Waals surface area contributed by atoms with Gasteiger partial charge in [-0.25, -0.2) is 18.1 Å². The van der Waals surface area contributed by atoms with Crippen LogP contribution in [0.2, 0.25) is 0 Å². The van der Waals surface area contributed by atoms with Crippen molar-refractivity contribution in [3.8, 4) is 23.0 Å². The lowest BCUT2D eigenvalue weighted by molar-refractivity contribution is 0.330. The molecule has 0 fully saturated rings. The Hall–Kier alpha value is -1.93. The zero-order valence-electron chi connectivity index (χ0n) is 22.4. The molecular formula is C28H40O4P+. The summed E-state index contributed by atoms with van der Waals surface area (Å²) >= 11 is 0. The lowest BCUT2D eigenvalue weighted by Gasteiger charge is -2.25. The summed E-state index contributed by atoms with van der Waals surface area (Å²) in [5.74, 6) is 2.90. The Morgan fingerprint density at radius 1 is 0.455 bits per heavy atom. The minimum atomic E-state index is -3.10. The van der Waals surface area contributed by atoms with E-state index in [1.165, 1.54) is 11.1 Å². The number of fused-ring (bicyclic) bond motifs is 2. The van der Waals surface area contributed by atoms with Crippen molar-refractivity contribution in [2.45, 2.75) is 105 Å². The van der Waals surface area contributed by atoms with Gasteiger partial charge in [-0.15, -0.1) is 0 Å². The monoisotopic (exact) mass is 471 g/mol. The molecule has 0 aliphatic carbocycles. The Morgan fingerprint density at radius 2 is 0.788 bits per heavy atom. The summed E-state index contributed by atoms with van der Waals surface area (Å²) < 4.78 is 25.9. The van der Waals surface area contributed by atoms with Gasteiger partial charge in [-0.05, 0) is 44.9 Å². The van der Waals surface area contributed by atoms with E-state index in [-0.39, 0.29) is 21.7 Å². The Balaban J connectivity index is 1.82. The average Bonchev–Trinajstić information content (AvgIpc) is 3.14. The first kappa shape index (κ1) is 24.2. The molecule has 2 heterocycles.